The number of carboxylic acid groups (broad SMARTS) is 1. The van der Waals surface area contributed by atoms with Gasteiger partial charge in [0.05, 0.1) is 5.92 Å². The highest BCUT2D eigenvalue weighted by Gasteiger charge is 2.28. The molecule has 0 amide bonds. The molecule has 1 saturated carbocycles. The third-order valence-electron chi connectivity index (χ3n) is 2.98. The van der Waals surface area contributed by atoms with Gasteiger partial charge in [-0.25, -0.2) is 0 Å². The molecule has 0 radical (unpaired) electrons. The lowest BCUT2D eigenvalue weighted by Gasteiger charge is -1.99. The number of hydrogen-bond acceptors (Lipinski definition) is 2. The van der Waals surface area contributed by atoms with Gasteiger partial charge < -0.3 is 10.8 Å². The summed E-state index contributed by atoms with van der Waals surface area (Å²) in [6.45, 7) is 3.13. The van der Waals surface area contributed by atoms with Gasteiger partial charge in [-0.05, 0) is 25.8 Å². The molecular formula is C14H29NO2. The van der Waals surface area contributed by atoms with Gasteiger partial charge in [-0.15, -0.1) is 0 Å². The van der Waals surface area contributed by atoms with Crippen LogP contribution in [0, 0.1) is 5.92 Å². The minimum Gasteiger partial charge on any atom is -0.481 e. The third kappa shape index (κ3) is 13.4. The Bertz CT molecular complexity index is 171. The van der Waals surface area contributed by atoms with Crippen molar-refractivity contribution >= 4 is 5.97 Å². The van der Waals surface area contributed by atoms with Crippen molar-refractivity contribution in [3.63, 3.8) is 0 Å². The highest BCUT2D eigenvalue weighted by molar-refractivity contribution is 5.72. The summed E-state index contributed by atoms with van der Waals surface area (Å²) in [6.07, 6.45) is 12.8. The molecular weight excluding hydrogens is 214 g/mol. The molecule has 3 heteroatoms. The number of carboxylic acids is 1. The Kier molecular flexibility index (Phi) is 11.5. The van der Waals surface area contributed by atoms with Crippen molar-refractivity contribution in [3.05, 3.63) is 0 Å². The van der Waals surface area contributed by atoms with Crippen molar-refractivity contribution in [3.8, 4) is 0 Å². The van der Waals surface area contributed by atoms with E-state index in [9.17, 15) is 4.79 Å². The molecule has 0 aromatic carbocycles. The maximum Gasteiger partial charge on any atom is 0.306 e. The molecule has 1 aliphatic rings. The molecule has 0 bridgehead atoms. The Balaban J connectivity index is 0.000000354. The third-order valence-corrected chi connectivity index (χ3v) is 2.98. The molecule has 0 heterocycles. The van der Waals surface area contributed by atoms with Crippen LogP contribution in [0.25, 0.3) is 0 Å². The van der Waals surface area contributed by atoms with Gasteiger partial charge in [0.2, 0.25) is 0 Å². The Morgan fingerprint density at radius 2 is 1.53 bits per heavy atom. The summed E-state index contributed by atoms with van der Waals surface area (Å²) in [5, 5.41) is 8.05. The van der Waals surface area contributed by atoms with E-state index in [1.165, 1.54) is 51.4 Å². The van der Waals surface area contributed by atoms with Crippen LogP contribution in [0.5, 0.6) is 0 Å². The number of nitrogens with two attached hydrogens (primary N) is 1. The van der Waals surface area contributed by atoms with E-state index in [2.05, 4.69) is 6.92 Å². The summed E-state index contributed by atoms with van der Waals surface area (Å²) in [5.74, 6) is -0.611. The highest BCUT2D eigenvalue weighted by atomic mass is 16.4. The fourth-order valence-electron chi connectivity index (χ4n) is 1.61. The molecule has 3 N–H and O–H groups in total. The molecule has 0 spiro atoms. The first-order valence-corrected chi connectivity index (χ1v) is 7.15. The predicted molar refractivity (Wildman–Crippen MR) is 72.0 cm³/mol. The number of carbonyl (C=O) groups is 1. The number of hydrogen-bond donors (Lipinski definition) is 2. The van der Waals surface area contributed by atoms with Crippen LogP contribution in [0.15, 0.2) is 0 Å². The highest BCUT2D eigenvalue weighted by Crippen LogP contribution is 2.28. The van der Waals surface area contributed by atoms with Crippen molar-refractivity contribution in [2.75, 3.05) is 6.54 Å². The maximum absolute atomic E-state index is 9.76. The van der Waals surface area contributed by atoms with Gasteiger partial charge in [0.1, 0.15) is 0 Å². The fourth-order valence-corrected chi connectivity index (χ4v) is 1.61. The van der Waals surface area contributed by atoms with Crippen molar-refractivity contribution in [2.24, 2.45) is 11.7 Å². The van der Waals surface area contributed by atoms with Gasteiger partial charge in [0.15, 0.2) is 0 Å². The molecule has 1 rings (SSSR count). The molecule has 0 aromatic heterocycles. The van der Waals surface area contributed by atoms with E-state index in [-0.39, 0.29) is 5.92 Å². The average Bonchev–Trinajstić information content (AvgIpc) is 3.13. The Morgan fingerprint density at radius 3 is 1.82 bits per heavy atom. The minimum absolute atomic E-state index is 0.0185. The summed E-state index contributed by atoms with van der Waals surface area (Å²) in [5.41, 5.74) is 5.39. The summed E-state index contributed by atoms with van der Waals surface area (Å²) in [4.78, 5) is 9.76. The van der Waals surface area contributed by atoms with Crippen LogP contribution >= 0.6 is 0 Å². The van der Waals surface area contributed by atoms with Crippen molar-refractivity contribution in [1.82, 2.24) is 0 Å². The summed E-state index contributed by atoms with van der Waals surface area (Å²) < 4.78 is 0. The Labute approximate surface area is 106 Å². The van der Waals surface area contributed by atoms with Crippen LogP contribution < -0.4 is 5.73 Å². The van der Waals surface area contributed by atoms with Crippen LogP contribution in [0.1, 0.15) is 71.1 Å². The van der Waals surface area contributed by atoms with Crippen LogP contribution in [-0.2, 0) is 4.79 Å². The first-order chi connectivity index (χ1) is 8.22. The van der Waals surface area contributed by atoms with Crippen molar-refractivity contribution in [1.29, 1.82) is 0 Å². The summed E-state index contributed by atoms with van der Waals surface area (Å²) in [6, 6.07) is 0. The average molecular weight is 243 g/mol. The molecule has 17 heavy (non-hydrogen) atoms. The first kappa shape index (κ1) is 16.4. The molecule has 0 unspecified atom stereocenters. The van der Waals surface area contributed by atoms with E-state index in [1.807, 2.05) is 0 Å². The zero-order chi connectivity index (χ0) is 12.9. The monoisotopic (exact) mass is 243 g/mol. The van der Waals surface area contributed by atoms with Gasteiger partial charge in [0.25, 0.3) is 0 Å². The molecule has 0 atom stereocenters. The van der Waals surface area contributed by atoms with E-state index in [1.54, 1.807) is 0 Å². The maximum atomic E-state index is 9.76. The summed E-state index contributed by atoms with van der Waals surface area (Å²) in [7, 11) is 0. The van der Waals surface area contributed by atoms with Crippen LogP contribution in [0.3, 0.4) is 0 Å². The number of aliphatic carboxylic acids is 1. The first-order valence-electron chi connectivity index (χ1n) is 7.15. The van der Waals surface area contributed by atoms with Gasteiger partial charge in [-0.1, -0.05) is 51.9 Å². The zero-order valence-corrected chi connectivity index (χ0v) is 11.3. The molecule has 1 fully saturated rings. The van der Waals surface area contributed by atoms with Crippen LogP contribution in [-0.4, -0.2) is 17.6 Å². The van der Waals surface area contributed by atoms with Gasteiger partial charge in [-0.2, -0.15) is 0 Å². The second-order valence-electron chi connectivity index (χ2n) is 4.88. The van der Waals surface area contributed by atoms with Crippen LogP contribution in [0.2, 0.25) is 0 Å². The Morgan fingerprint density at radius 1 is 1.06 bits per heavy atom. The van der Waals surface area contributed by atoms with E-state index in [0.29, 0.717) is 0 Å². The van der Waals surface area contributed by atoms with Gasteiger partial charge in [-0.3, -0.25) is 4.79 Å². The normalized spacial score (nSPS) is 14.0. The molecule has 102 valence electrons. The molecule has 0 aromatic rings. The van der Waals surface area contributed by atoms with Gasteiger partial charge in [0, 0.05) is 0 Å². The quantitative estimate of drug-likeness (QED) is 0.608. The molecule has 0 saturated heterocycles. The summed E-state index contributed by atoms with van der Waals surface area (Å²) >= 11 is 0. The van der Waals surface area contributed by atoms with E-state index >= 15 is 0 Å². The fraction of sp³-hybridized carbons (Fsp3) is 0.929. The Hall–Kier alpha value is -0.570. The number of unbranched alkanes of at least 4 members (excludes halogenated alkanes) is 7. The topological polar surface area (TPSA) is 63.3 Å². The standard InChI is InChI=1S/C10H23N.C4H6O2/c1-2-3-4-5-6-7-8-9-10-11;5-4(6)3-1-2-3/h2-11H2,1H3;3H,1-2H2,(H,5,6). The van der Waals surface area contributed by atoms with Crippen LogP contribution in [0.4, 0.5) is 0 Å². The van der Waals surface area contributed by atoms with Crippen molar-refractivity contribution < 1.29 is 9.90 Å². The lowest BCUT2D eigenvalue weighted by atomic mass is 10.1. The van der Waals surface area contributed by atoms with E-state index < -0.39 is 5.97 Å². The lowest BCUT2D eigenvalue weighted by molar-refractivity contribution is -0.138. The molecule has 3 nitrogen and oxygen atoms in total. The zero-order valence-electron chi connectivity index (χ0n) is 11.3. The number of rotatable bonds is 9. The predicted octanol–water partition coefficient (Wildman–Crippen LogP) is 3.57. The second-order valence-corrected chi connectivity index (χ2v) is 4.88. The SMILES string of the molecule is CCCCCCCCCCN.O=C(O)C1CC1. The largest absolute Gasteiger partial charge is 0.481 e. The lowest BCUT2D eigenvalue weighted by Crippen LogP contribution is -1.97. The smallest absolute Gasteiger partial charge is 0.306 e. The van der Waals surface area contributed by atoms with Crippen molar-refractivity contribution in [2.45, 2.75) is 71.1 Å². The van der Waals surface area contributed by atoms with Gasteiger partial charge >= 0.3 is 5.97 Å². The molecule has 1 aliphatic carbocycles. The second kappa shape index (κ2) is 11.9. The van der Waals surface area contributed by atoms with E-state index in [4.69, 9.17) is 10.8 Å². The minimum atomic E-state index is -0.630. The van der Waals surface area contributed by atoms with E-state index in [0.717, 1.165) is 19.4 Å². The molecule has 0 aliphatic heterocycles.